The molecule has 1 aromatic heterocycles. The zero-order valence-electron chi connectivity index (χ0n) is 18.2. The first-order chi connectivity index (χ1) is 15.3. The molecule has 0 fully saturated rings. The van der Waals surface area contributed by atoms with Crippen molar-refractivity contribution in [1.29, 1.82) is 0 Å². The molecule has 1 amide bonds. The van der Waals surface area contributed by atoms with Gasteiger partial charge in [-0.3, -0.25) is 9.59 Å². The Kier molecular flexibility index (Phi) is 7.59. The highest BCUT2D eigenvalue weighted by atomic mass is 35.5. The predicted molar refractivity (Wildman–Crippen MR) is 124 cm³/mol. The minimum absolute atomic E-state index is 0.0884. The molecular formula is C25H24ClFN2O3. The molecule has 1 heterocycles. The summed E-state index contributed by atoms with van der Waals surface area (Å²) >= 11 is 6.07. The molecule has 0 N–H and O–H groups in total. The Morgan fingerprint density at radius 1 is 1.12 bits per heavy atom. The number of carbonyl (C=O) groups is 2. The van der Waals surface area contributed by atoms with E-state index in [1.807, 2.05) is 6.07 Å². The number of halogens is 2. The van der Waals surface area contributed by atoms with Crippen molar-refractivity contribution in [3.05, 3.63) is 76.8 Å². The van der Waals surface area contributed by atoms with Crippen LogP contribution in [0.4, 0.5) is 10.1 Å². The van der Waals surface area contributed by atoms with Gasteiger partial charge in [0.15, 0.2) is 5.78 Å². The van der Waals surface area contributed by atoms with Crippen molar-refractivity contribution in [2.24, 2.45) is 0 Å². The first-order valence-corrected chi connectivity index (χ1v) is 10.6. The van der Waals surface area contributed by atoms with Gasteiger partial charge >= 0.3 is 0 Å². The van der Waals surface area contributed by atoms with Crippen LogP contribution in [0.5, 0.6) is 5.75 Å². The molecule has 32 heavy (non-hydrogen) atoms. The number of methoxy groups -OCH3 is 1. The Morgan fingerprint density at radius 2 is 1.84 bits per heavy atom. The summed E-state index contributed by atoms with van der Waals surface area (Å²) in [5.41, 5.74) is 2.78. The summed E-state index contributed by atoms with van der Waals surface area (Å²) in [5.74, 6) is -0.352. The molecule has 0 radical (unpaired) electrons. The lowest BCUT2D eigenvalue weighted by Gasteiger charge is -2.18. The van der Waals surface area contributed by atoms with Crippen molar-refractivity contribution in [3.63, 3.8) is 0 Å². The zero-order chi connectivity index (χ0) is 23.3. The summed E-state index contributed by atoms with van der Waals surface area (Å²) in [5, 5.41) is 0.388. The molecule has 0 atom stereocenters. The fraction of sp³-hybridized carbons (Fsp3) is 0.240. The highest BCUT2D eigenvalue weighted by molar-refractivity contribution is 6.30. The average Bonchev–Trinajstić information content (AvgIpc) is 2.81. The van der Waals surface area contributed by atoms with E-state index in [1.165, 1.54) is 18.1 Å². The first-order valence-electron chi connectivity index (χ1n) is 10.2. The summed E-state index contributed by atoms with van der Waals surface area (Å²) in [6, 6.07) is 13.4. The highest BCUT2D eigenvalue weighted by Gasteiger charge is 2.17. The zero-order valence-corrected chi connectivity index (χ0v) is 18.9. The number of aromatic nitrogens is 1. The number of hydrogen-bond donors (Lipinski definition) is 0. The van der Waals surface area contributed by atoms with E-state index >= 15 is 0 Å². The first kappa shape index (κ1) is 23.4. The van der Waals surface area contributed by atoms with Crippen LogP contribution >= 0.6 is 11.6 Å². The fourth-order valence-electron chi connectivity index (χ4n) is 3.42. The van der Waals surface area contributed by atoms with Crippen molar-refractivity contribution >= 4 is 29.0 Å². The standard InChI is InChI=1S/C25H24ClFN2O3/c1-4-24(31)29(2)21-11-8-17(14-20(21)27)18-7-10-19(23(15-18)32-3)22(30)12-9-16-6-5-13-28-25(16)26/h5-8,10-11,13-15H,4,9,12H2,1-3H3. The Balaban J connectivity index is 1.82. The number of anilines is 1. The monoisotopic (exact) mass is 454 g/mol. The molecule has 0 aliphatic rings. The fourth-order valence-corrected chi connectivity index (χ4v) is 3.63. The number of pyridine rings is 1. The highest BCUT2D eigenvalue weighted by Crippen LogP contribution is 2.31. The van der Waals surface area contributed by atoms with Gasteiger partial charge in [0.25, 0.3) is 0 Å². The number of ketones is 1. The van der Waals surface area contributed by atoms with Crippen molar-refractivity contribution in [2.75, 3.05) is 19.1 Å². The van der Waals surface area contributed by atoms with Gasteiger partial charge in [0.2, 0.25) is 5.91 Å². The van der Waals surface area contributed by atoms with Crippen molar-refractivity contribution in [3.8, 4) is 16.9 Å². The third-order valence-corrected chi connectivity index (χ3v) is 5.62. The molecule has 0 saturated heterocycles. The minimum Gasteiger partial charge on any atom is -0.496 e. The van der Waals surface area contributed by atoms with Crippen LogP contribution in [0.15, 0.2) is 54.7 Å². The van der Waals surface area contributed by atoms with Gasteiger partial charge < -0.3 is 9.64 Å². The molecular weight excluding hydrogens is 431 g/mol. The van der Waals surface area contributed by atoms with E-state index in [4.69, 9.17) is 16.3 Å². The van der Waals surface area contributed by atoms with E-state index in [2.05, 4.69) is 4.98 Å². The molecule has 5 nitrogen and oxygen atoms in total. The smallest absolute Gasteiger partial charge is 0.226 e. The van der Waals surface area contributed by atoms with E-state index in [9.17, 15) is 14.0 Å². The maximum absolute atomic E-state index is 14.7. The van der Waals surface area contributed by atoms with Crippen molar-refractivity contribution in [1.82, 2.24) is 4.98 Å². The van der Waals surface area contributed by atoms with Gasteiger partial charge in [-0.25, -0.2) is 9.37 Å². The van der Waals surface area contributed by atoms with Crippen LogP contribution in [0.25, 0.3) is 11.1 Å². The van der Waals surface area contributed by atoms with Crippen LogP contribution in [0.2, 0.25) is 5.15 Å². The molecule has 2 aromatic carbocycles. The Labute approximate surface area is 191 Å². The molecule has 3 rings (SSSR count). The third kappa shape index (κ3) is 5.14. The molecule has 0 bridgehead atoms. The summed E-state index contributed by atoms with van der Waals surface area (Å²) in [7, 11) is 3.04. The number of Topliss-reactive ketones (excluding diaryl/α,β-unsaturated/α-hetero) is 1. The van der Waals surface area contributed by atoms with E-state index in [0.717, 1.165) is 5.56 Å². The van der Waals surface area contributed by atoms with Crippen LogP contribution in [0, 0.1) is 5.82 Å². The second-order valence-electron chi connectivity index (χ2n) is 7.26. The van der Waals surface area contributed by atoms with Crippen LogP contribution in [0.1, 0.15) is 35.7 Å². The lowest BCUT2D eigenvalue weighted by Crippen LogP contribution is -2.25. The summed E-state index contributed by atoms with van der Waals surface area (Å²) in [4.78, 5) is 30.0. The molecule has 7 heteroatoms. The number of ether oxygens (including phenoxy) is 1. The molecule has 0 aliphatic carbocycles. The summed E-state index contributed by atoms with van der Waals surface area (Å²) in [6.07, 6.45) is 2.61. The number of nitrogens with zero attached hydrogens (tertiary/aromatic N) is 2. The third-order valence-electron chi connectivity index (χ3n) is 5.28. The molecule has 0 spiro atoms. The lowest BCUT2D eigenvalue weighted by molar-refractivity contribution is -0.118. The number of amides is 1. The largest absolute Gasteiger partial charge is 0.496 e. The Hall–Kier alpha value is -3.25. The van der Waals surface area contributed by atoms with Gasteiger partial charge in [-0.1, -0.05) is 36.7 Å². The van der Waals surface area contributed by atoms with Gasteiger partial charge in [-0.15, -0.1) is 0 Å². The second kappa shape index (κ2) is 10.4. The number of hydrogen-bond acceptors (Lipinski definition) is 4. The second-order valence-corrected chi connectivity index (χ2v) is 7.62. The molecule has 0 unspecified atom stereocenters. The van der Waals surface area contributed by atoms with Gasteiger partial charge in [-0.2, -0.15) is 0 Å². The topological polar surface area (TPSA) is 59.5 Å². The molecule has 0 saturated carbocycles. The number of aryl methyl sites for hydroxylation is 1. The summed E-state index contributed by atoms with van der Waals surface area (Å²) in [6.45, 7) is 1.73. The Bertz CT molecular complexity index is 1150. The normalized spacial score (nSPS) is 10.7. The Morgan fingerprint density at radius 3 is 2.50 bits per heavy atom. The van der Waals surface area contributed by atoms with Gasteiger partial charge in [-0.05, 0) is 53.4 Å². The van der Waals surface area contributed by atoms with Crippen molar-refractivity contribution in [2.45, 2.75) is 26.2 Å². The number of carbonyl (C=O) groups excluding carboxylic acids is 2. The van der Waals surface area contributed by atoms with E-state index in [1.54, 1.807) is 56.6 Å². The minimum atomic E-state index is -0.501. The number of benzene rings is 2. The number of rotatable bonds is 8. The van der Waals surface area contributed by atoms with Crippen LogP contribution in [-0.4, -0.2) is 30.8 Å². The molecule has 0 aliphatic heterocycles. The average molecular weight is 455 g/mol. The van der Waals surface area contributed by atoms with Gasteiger partial charge in [0, 0.05) is 26.1 Å². The van der Waals surface area contributed by atoms with Crippen LogP contribution in [0.3, 0.4) is 0 Å². The van der Waals surface area contributed by atoms with Crippen LogP contribution < -0.4 is 9.64 Å². The van der Waals surface area contributed by atoms with E-state index in [-0.39, 0.29) is 30.2 Å². The summed E-state index contributed by atoms with van der Waals surface area (Å²) < 4.78 is 20.1. The maximum Gasteiger partial charge on any atom is 0.226 e. The predicted octanol–water partition coefficient (Wildman–Crippen LogP) is 5.74. The maximum atomic E-state index is 14.7. The van der Waals surface area contributed by atoms with Gasteiger partial charge in [0.05, 0.1) is 18.4 Å². The molecule has 3 aromatic rings. The quantitative estimate of drug-likeness (QED) is 0.322. The van der Waals surface area contributed by atoms with E-state index in [0.29, 0.717) is 34.0 Å². The van der Waals surface area contributed by atoms with E-state index < -0.39 is 5.82 Å². The van der Waals surface area contributed by atoms with Crippen LogP contribution in [-0.2, 0) is 11.2 Å². The van der Waals surface area contributed by atoms with Gasteiger partial charge in [0.1, 0.15) is 16.7 Å². The SMILES string of the molecule is CCC(=O)N(C)c1ccc(-c2ccc(C(=O)CCc3cccnc3Cl)c(OC)c2)cc1F. The molecule has 166 valence electrons. The lowest BCUT2D eigenvalue weighted by atomic mass is 9.98. The van der Waals surface area contributed by atoms with Crippen molar-refractivity contribution < 1.29 is 18.7 Å².